The van der Waals surface area contributed by atoms with Crippen molar-refractivity contribution in [3.63, 3.8) is 0 Å². The Kier molecular flexibility index (Phi) is 3.94. The quantitative estimate of drug-likeness (QED) is 0.909. The summed E-state index contributed by atoms with van der Waals surface area (Å²) in [6, 6.07) is 5.86. The molecule has 0 aliphatic rings. The lowest BCUT2D eigenvalue weighted by molar-refractivity contribution is -0.124. The molecule has 0 radical (unpaired) electrons. The van der Waals surface area contributed by atoms with Crippen LogP contribution in [0.25, 0.3) is 0 Å². The zero-order valence-corrected chi connectivity index (χ0v) is 11.4. The third-order valence-corrected chi connectivity index (χ3v) is 3.16. The fraction of sp³-hybridized carbons (Fsp3) is 0.357. The number of aryl methyl sites for hydroxylation is 2. The van der Waals surface area contributed by atoms with E-state index in [0.29, 0.717) is 6.54 Å². The number of nitrogens with zero attached hydrogens (tertiary/aromatic N) is 3. The minimum absolute atomic E-state index is 0.0644. The molecule has 0 aliphatic heterocycles. The summed E-state index contributed by atoms with van der Waals surface area (Å²) in [7, 11) is 0. The van der Waals surface area contributed by atoms with Gasteiger partial charge in [-0.3, -0.25) is 4.79 Å². The van der Waals surface area contributed by atoms with Crippen LogP contribution in [0.2, 0.25) is 0 Å². The summed E-state index contributed by atoms with van der Waals surface area (Å²) in [6.45, 7) is 6.44. The first-order valence-electron chi connectivity index (χ1n) is 6.26. The van der Waals surface area contributed by atoms with Crippen molar-refractivity contribution in [1.82, 2.24) is 20.1 Å². The molecule has 1 amide bonds. The minimum atomic E-state index is -0.353. The molecule has 1 unspecified atom stereocenters. The summed E-state index contributed by atoms with van der Waals surface area (Å²) < 4.78 is 1.54. The fourth-order valence-electron chi connectivity index (χ4n) is 1.91. The van der Waals surface area contributed by atoms with Gasteiger partial charge in [0.05, 0.1) is 0 Å². The van der Waals surface area contributed by atoms with Crippen molar-refractivity contribution in [3.8, 4) is 0 Å². The summed E-state index contributed by atoms with van der Waals surface area (Å²) in [5.41, 5.74) is 3.54. The number of aromatic nitrogens is 3. The normalized spacial score (nSPS) is 12.2. The highest BCUT2D eigenvalue weighted by Gasteiger charge is 2.14. The number of carbonyl (C=O) groups excluding carboxylic acids is 1. The second-order valence-corrected chi connectivity index (χ2v) is 4.70. The van der Waals surface area contributed by atoms with Crippen molar-refractivity contribution >= 4 is 5.91 Å². The number of carbonyl (C=O) groups is 1. The van der Waals surface area contributed by atoms with Crippen LogP contribution >= 0.6 is 0 Å². The van der Waals surface area contributed by atoms with E-state index in [2.05, 4.69) is 41.4 Å². The van der Waals surface area contributed by atoms with E-state index in [9.17, 15) is 4.79 Å². The molecule has 2 aromatic rings. The van der Waals surface area contributed by atoms with Crippen LogP contribution < -0.4 is 5.32 Å². The molecule has 19 heavy (non-hydrogen) atoms. The average molecular weight is 258 g/mol. The monoisotopic (exact) mass is 258 g/mol. The molecule has 100 valence electrons. The second kappa shape index (κ2) is 5.65. The number of amides is 1. The molecule has 1 heterocycles. The van der Waals surface area contributed by atoms with Crippen LogP contribution in [0.15, 0.2) is 30.9 Å². The van der Waals surface area contributed by atoms with Crippen LogP contribution in [0.5, 0.6) is 0 Å². The number of hydrogen-bond acceptors (Lipinski definition) is 3. The lowest BCUT2D eigenvalue weighted by atomic mass is 10.1. The van der Waals surface area contributed by atoms with Gasteiger partial charge in [0.15, 0.2) is 0 Å². The van der Waals surface area contributed by atoms with Crippen molar-refractivity contribution in [2.45, 2.75) is 33.4 Å². The van der Waals surface area contributed by atoms with Crippen LogP contribution in [0.1, 0.15) is 29.7 Å². The van der Waals surface area contributed by atoms with Gasteiger partial charge in [-0.2, -0.15) is 5.10 Å². The zero-order valence-electron chi connectivity index (χ0n) is 11.4. The van der Waals surface area contributed by atoms with Gasteiger partial charge in [-0.05, 0) is 31.9 Å². The Morgan fingerprint density at radius 3 is 2.84 bits per heavy atom. The predicted molar refractivity (Wildman–Crippen MR) is 72.5 cm³/mol. The van der Waals surface area contributed by atoms with E-state index >= 15 is 0 Å². The Morgan fingerprint density at radius 2 is 2.21 bits per heavy atom. The molecule has 1 aromatic carbocycles. The summed E-state index contributed by atoms with van der Waals surface area (Å²) >= 11 is 0. The highest BCUT2D eigenvalue weighted by atomic mass is 16.2. The molecule has 1 N–H and O–H groups in total. The van der Waals surface area contributed by atoms with E-state index in [0.717, 1.165) is 5.56 Å². The summed E-state index contributed by atoms with van der Waals surface area (Å²) in [6.07, 6.45) is 2.97. The first-order chi connectivity index (χ1) is 9.08. The average Bonchev–Trinajstić information content (AvgIpc) is 2.90. The Balaban J connectivity index is 1.97. The lowest BCUT2D eigenvalue weighted by Crippen LogP contribution is -2.31. The van der Waals surface area contributed by atoms with Crippen LogP contribution in [0.3, 0.4) is 0 Å². The third-order valence-electron chi connectivity index (χ3n) is 3.16. The minimum Gasteiger partial charge on any atom is -0.350 e. The smallest absolute Gasteiger partial charge is 0.244 e. The van der Waals surface area contributed by atoms with Crippen LogP contribution in [0, 0.1) is 13.8 Å². The molecule has 0 saturated carbocycles. The van der Waals surface area contributed by atoms with E-state index < -0.39 is 0 Å². The number of benzene rings is 1. The maximum atomic E-state index is 12.0. The standard InChI is InChI=1S/C14H18N4O/c1-10-4-5-13(11(2)6-10)7-16-14(19)12(3)18-9-15-8-17-18/h4-6,8-9,12H,7H2,1-3H3,(H,16,19). The zero-order chi connectivity index (χ0) is 13.8. The van der Waals surface area contributed by atoms with Crippen molar-refractivity contribution in [3.05, 3.63) is 47.5 Å². The first kappa shape index (κ1) is 13.3. The molecule has 0 aliphatic carbocycles. The van der Waals surface area contributed by atoms with Gasteiger partial charge in [-0.15, -0.1) is 0 Å². The maximum absolute atomic E-state index is 12.0. The molecule has 0 fully saturated rings. The number of rotatable bonds is 4. The molecule has 1 atom stereocenters. The summed E-state index contributed by atoms with van der Waals surface area (Å²) in [5, 5.41) is 6.89. The molecular formula is C14H18N4O. The topological polar surface area (TPSA) is 59.8 Å². The highest BCUT2D eigenvalue weighted by molar-refractivity contribution is 5.79. The lowest BCUT2D eigenvalue weighted by Gasteiger charge is -2.13. The predicted octanol–water partition coefficient (Wildman–Crippen LogP) is 1.77. The molecule has 0 saturated heterocycles. The number of nitrogens with one attached hydrogen (secondary N) is 1. The van der Waals surface area contributed by atoms with E-state index in [1.54, 1.807) is 13.3 Å². The van der Waals surface area contributed by atoms with Gasteiger partial charge in [0.1, 0.15) is 18.7 Å². The van der Waals surface area contributed by atoms with Gasteiger partial charge >= 0.3 is 0 Å². The maximum Gasteiger partial charge on any atom is 0.244 e. The SMILES string of the molecule is Cc1ccc(CNC(=O)C(C)n2cncn2)c(C)c1. The van der Waals surface area contributed by atoms with E-state index in [4.69, 9.17) is 0 Å². The molecule has 5 nitrogen and oxygen atoms in total. The Morgan fingerprint density at radius 1 is 1.42 bits per heavy atom. The molecule has 5 heteroatoms. The van der Waals surface area contributed by atoms with Gasteiger partial charge in [0.2, 0.25) is 5.91 Å². The first-order valence-corrected chi connectivity index (χ1v) is 6.26. The number of hydrogen-bond donors (Lipinski definition) is 1. The second-order valence-electron chi connectivity index (χ2n) is 4.70. The van der Waals surface area contributed by atoms with Gasteiger partial charge < -0.3 is 5.32 Å². The molecule has 0 spiro atoms. The molecule has 2 rings (SSSR count). The molecule has 0 bridgehead atoms. The Hall–Kier alpha value is -2.17. The molecule has 1 aromatic heterocycles. The van der Waals surface area contributed by atoms with Gasteiger partial charge in [0, 0.05) is 6.54 Å². The van der Waals surface area contributed by atoms with E-state index in [1.807, 2.05) is 6.07 Å². The van der Waals surface area contributed by atoms with Gasteiger partial charge in [-0.1, -0.05) is 23.8 Å². The van der Waals surface area contributed by atoms with Crippen molar-refractivity contribution in [2.24, 2.45) is 0 Å². The fourth-order valence-corrected chi connectivity index (χ4v) is 1.91. The highest BCUT2D eigenvalue weighted by Crippen LogP contribution is 2.11. The van der Waals surface area contributed by atoms with Gasteiger partial charge in [0.25, 0.3) is 0 Å². The van der Waals surface area contributed by atoms with Crippen LogP contribution in [0.4, 0.5) is 0 Å². The van der Waals surface area contributed by atoms with E-state index in [1.165, 1.54) is 22.1 Å². The van der Waals surface area contributed by atoms with E-state index in [-0.39, 0.29) is 11.9 Å². The van der Waals surface area contributed by atoms with Crippen molar-refractivity contribution in [2.75, 3.05) is 0 Å². The largest absolute Gasteiger partial charge is 0.350 e. The van der Waals surface area contributed by atoms with Crippen LogP contribution in [-0.4, -0.2) is 20.7 Å². The third kappa shape index (κ3) is 3.19. The molecular weight excluding hydrogens is 240 g/mol. The van der Waals surface area contributed by atoms with Crippen molar-refractivity contribution < 1.29 is 4.79 Å². The van der Waals surface area contributed by atoms with Crippen molar-refractivity contribution in [1.29, 1.82) is 0 Å². The summed E-state index contributed by atoms with van der Waals surface area (Å²) in [5.74, 6) is -0.0644. The van der Waals surface area contributed by atoms with Crippen LogP contribution in [-0.2, 0) is 11.3 Å². The Labute approximate surface area is 112 Å². The Bertz CT molecular complexity index is 563. The van der Waals surface area contributed by atoms with Gasteiger partial charge in [-0.25, -0.2) is 9.67 Å². The summed E-state index contributed by atoms with van der Waals surface area (Å²) in [4.78, 5) is 15.8.